The SMILES string of the molecule is COCC1(C(=O)N2CCN(c3ccccc3Cl)CC2)CCNC1.Cl. The molecule has 0 spiro atoms. The highest BCUT2D eigenvalue weighted by molar-refractivity contribution is 6.33. The summed E-state index contributed by atoms with van der Waals surface area (Å²) < 4.78 is 5.33. The number of benzene rings is 1. The first-order valence-electron chi connectivity index (χ1n) is 8.15. The predicted molar refractivity (Wildman–Crippen MR) is 99.3 cm³/mol. The van der Waals surface area contributed by atoms with Crippen LogP contribution in [0.25, 0.3) is 0 Å². The lowest BCUT2D eigenvalue weighted by molar-refractivity contribution is -0.144. The summed E-state index contributed by atoms with van der Waals surface area (Å²) in [5, 5.41) is 4.07. The van der Waals surface area contributed by atoms with Gasteiger partial charge < -0.3 is 19.9 Å². The number of methoxy groups -OCH3 is 1. The molecule has 1 aromatic rings. The summed E-state index contributed by atoms with van der Waals surface area (Å²) in [6.07, 6.45) is 0.852. The minimum atomic E-state index is -0.388. The van der Waals surface area contributed by atoms with Crippen molar-refractivity contribution in [1.29, 1.82) is 0 Å². The zero-order valence-electron chi connectivity index (χ0n) is 14.0. The number of hydrogen-bond donors (Lipinski definition) is 1. The number of amides is 1. The molecule has 1 unspecified atom stereocenters. The molecule has 1 atom stereocenters. The third-order valence-corrected chi connectivity index (χ3v) is 5.20. The fourth-order valence-electron chi connectivity index (χ4n) is 3.58. The molecule has 2 aliphatic heterocycles. The molecule has 7 heteroatoms. The molecule has 24 heavy (non-hydrogen) atoms. The van der Waals surface area contributed by atoms with Crippen LogP contribution in [0.4, 0.5) is 5.69 Å². The van der Waals surface area contributed by atoms with Crippen LogP contribution in [0.15, 0.2) is 24.3 Å². The monoisotopic (exact) mass is 373 g/mol. The Labute approximate surface area is 154 Å². The molecule has 2 saturated heterocycles. The number of rotatable bonds is 4. The highest BCUT2D eigenvalue weighted by atomic mass is 35.5. The van der Waals surface area contributed by atoms with E-state index in [0.717, 1.165) is 49.9 Å². The molecule has 0 saturated carbocycles. The molecule has 0 aromatic heterocycles. The highest BCUT2D eigenvalue weighted by Gasteiger charge is 2.44. The first kappa shape index (κ1) is 19.3. The number of anilines is 1. The number of carbonyl (C=O) groups is 1. The van der Waals surface area contributed by atoms with Crippen molar-refractivity contribution in [3.05, 3.63) is 29.3 Å². The molecule has 134 valence electrons. The third kappa shape index (κ3) is 3.80. The molecule has 1 N–H and O–H groups in total. The minimum Gasteiger partial charge on any atom is -0.384 e. The lowest BCUT2D eigenvalue weighted by Crippen LogP contribution is -2.55. The van der Waals surface area contributed by atoms with Crippen LogP contribution in [0, 0.1) is 5.41 Å². The molecule has 1 aromatic carbocycles. The van der Waals surface area contributed by atoms with Crippen molar-refractivity contribution >= 4 is 35.6 Å². The summed E-state index contributed by atoms with van der Waals surface area (Å²) in [5.74, 6) is 0.225. The van der Waals surface area contributed by atoms with Crippen molar-refractivity contribution < 1.29 is 9.53 Å². The largest absolute Gasteiger partial charge is 0.384 e. The Hall–Kier alpha value is -1.01. The number of hydrogen-bond acceptors (Lipinski definition) is 4. The van der Waals surface area contributed by atoms with Crippen LogP contribution < -0.4 is 10.2 Å². The number of nitrogens with zero attached hydrogens (tertiary/aromatic N) is 2. The zero-order chi connectivity index (χ0) is 16.3. The number of piperazine rings is 1. The summed E-state index contributed by atoms with van der Waals surface area (Å²) in [4.78, 5) is 17.2. The maximum Gasteiger partial charge on any atom is 0.232 e. The van der Waals surface area contributed by atoms with Crippen LogP contribution in [-0.4, -0.2) is 63.8 Å². The topological polar surface area (TPSA) is 44.8 Å². The van der Waals surface area contributed by atoms with E-state index in [0.29, 0.717) is 13.2 Å². The van der Waals surface area contributed by atoms with Crippen molar-refractivity contribution in [2.24, 2.45) is 5.41 Å². The Kier molecular flexibility index (Phi) is 6.75. The second-order valence-electron chi connectivity index (χ2n) is 6.37. The van der Waals surface area contributed by atoms with Crippen LogP contribution in [0.5, 0.6) is 0 Å². The van der Waals surface area contributed by atoms with Gasteiger partial charge in [-0.05, 0) is 25.1 Å². The standard InChI is InChI=1S/C17H24ClN3O2.ClH/c1-23-13-17(6-7-19-12-17)16(22)21-10-8-20(9-11-21)15-5-3-2-4-14(15)18;/h2-5,19H,6-13H2,1H3;1H. The van der Waals surface area contributed by atoms with E-state index in [-0.39, 0.29) is 23.7 Å². The third-order valence-electron chi connectivity index (χ3n) is 4.88. The fourth-order valence-corrected chi connectivity index (χ4v) is 3.84. The Morgan fingerprint density at radius 3 is 2.58 bits per heavy atom. The molecule has 1 amide bonds. The lowest BCUT2D eigenvalue weighted by Gasteiger charge is -2.40. The Morgan fingerprint density at radius 1 is 1.29 bits per heavy atom. The molecular weight excluding hydrogens is 349 g/mol. The van der Waals surface area contributed by atoms with Crippen molar-refractivity contribution in [2.75, 3.05) is 57.9 Å². The number of halogens is 2. The smallest absolute Gasteiger partial charge is 0.232 e. The molecule has 2 fully saturated rings. The first-order valence-corrected chi connectivity index (χ1v) is 8.53. The molecule has 2 aliphatic rings. The molecular formula is C17H25Cl2N3O2. The Morgan fingerprint density at radius 2 is 2.00 bits per heavy atom. The van der Waals surface area contributed by atoms with Gasteiger partial charge in [-0.2, -0.15) is 0 Å². The second-order valence-corrected chi connectivity index (χ2v) is 6.78. The highest BCUT2D eigenvalue weighted by Crippen LogP contribution is 2.30. The van der Waals surface area contributed by atoms with Gasteiger partial charge in [-0.1, -0.05) is 23.7 Å². The van der Waals surface area contributed by atoms with Gasteiger partial charge in [0.2, 0.25) is 5.91 Å². The Balaban J connectivity index is 0.00000208. The van der Waals surface area contributed by atoms with Gasteiger partial charge in [0.25, 0.3) is 0 Å². The van der Waals surface area contributed by atoms with E-state index in [1.165, 1.54) is 0 Å². The summed E-state index contributed by atoms with van der Waals surface area (Å²) in [6, 6.07) is 7.88. The predicted octanol–water partition coefficient (Wildman–Crippen LogP) is 2.04. The average molecular weight is 374 g/mol. The second kappa shape index (κ2) is 8.39. The van der Waals surface area contributed by atoms with Crippen molar-refractivity contribution in [3.8, 4) is 0 Å². The van der Waals surface area contributed by atoms with E-state index in [2.05, 4.69) is 10.2 Å². The van der Waals surface area contributed by atoms with E-state index < -0.39 is 0 Å². The van der Waals surface area contributed by atoms with Gasteiger partial charge in [0, 0.05) is 39.8 Å². The molecule has 2 heterocycles. The zero-order valence-corrected chi connectivity index (χ0v) is 15.5. The summed E-state index contributed by atoms with van der Waals surface area (Å²) in [6.45, 7) is 5.17. The van der Waals surface area contributed by atoms with E-state index in [1.807, 2.05) is 29.2 Å². The maximum atomic E-state index is 13.0. The van der Waals surface area contributed by atoms with Gasteiger partial charge in [-0.25, -0.2) is 0 Å². The van der Waals surface area contributed by atoms with E-state index >= 15 is 0 Å². The lowest BCUT2D eigenvalue weighted by atomic mass is 9.86. The van der Waals surface area contributed by atoms with Crippen LogP contribution in [0.1, 0.15) is 6.42 Å². The number of para-hydroxylation sites is 1. The van der Waals surface area contributed by atoms with Crippen molar-refractivity contribution in [1.82, 2.24) is 10.2 Å². The van der Waals surface area contributed by atoms with Gasteiger partial charge in [-0.15, -0.1) is 12.4 Å². The van der Waals surface area contributed by atoms with Crippen LogP contribution >= 0.6 is 24.0 Å². The van der Waals surface area contributed by atoms with Gasteiger partial charge >= 0.3 is 0 Å². The number of nitrogens with one attached hydrogen (secondary N) is 1. The normalized spacial score (nSPS) is 23.9. The van der Waals surface area contributed by atoms with Gasteiger partial charge in [0.15, 0.2) is 0 Å². The number of ether oxygens (including phenoxy) is 1. The Bertz CT molecular complexity index is 557. The fraction of sp³-hybridized carbons (Fsp3) is 0.588. The first-order chi connectivity index (χ1) is 11.2. The molecule has 5 nitrogen and oxygen atoms in total. The quantitative estimate of drug-likeness (QED) is 0.876. The summed E-state index contributed by atoms with van der Waals surface area (Å²) >= 11 is 6.28. The van der Waals surface area contributed by atoms with Crippen LogP contribution in [0.2, 0.25) is 5.02 Å². The number of carbonyl (C=O) groups excluding carboxylic acids is 1. The van der Waals surface area contributed by atoms with Crippen molar-refractivity contribution in [3.63, 3.8) is 0 Å². The molecule has 0 bridgehead atoms. The van der Waals surface area contributed by atoms with Crippen molar-refractivity contribution in [2.45, 2.75) is 6.42 Å². The van der Waals surface area contributed by atoms with E-state index in [4.69, 9.17) is 16.3 Å². The van der Waals surface area contributed by atoms with Crippen LogP contribution in [-0.2, 0) is 9.53 Å². The van der Waals surface area contributed by atoms with E-state index in [1.54, 1.807) is 7.11 Å². The summed E-state index contributed by atoms with van der Waals surface area (Å²) in [7, 11) is 1.67. The van der Waals surface area contributed by atoms with Gasteiger partial charge in [0.05, 0.1) is 22.7 Å². The van der Waals surface area contributed by atoms with E-state index in [9.17, 15) is 4.79 Å². The summed E-state index contributed by atoms with van der Waals surface area (Å²) in [5.41, 5.74) is 0.664. The maximum absolute atomic E-state index is 13.0. The molecule has 3 rings (SSSR count). The minimum absolute atomic E-state index is 0. The average Bonchev–Trinajstić information content (AvgIpc) is 3.05. The van der Waals surface area contributed by atoms with Crippen LogP contribution in [0.3, 0.4) is 0 Å². The van der Waals surface area contributed by atoms with Gasteiger partial charge in [-0.3, -0.25) is 4.79 Å². The molecule has 0 aliphatic carbocycles. The molecule has 0 radical (unpaired) electrons. The van der Waals surface area contributed by atoms with Gasteiger partial charge in [0.1, 0.15) is 0 Å².